The van der Waals surface area contributed by atoms with Crippen LogP contribution < -0.4 is 32.3 Å². The average Bonchev–Trinajstić information content (AvgIpc) is 3.79. The maximum Gasteiger partial charge on any atom is 0.254 e. The number of hydrogen-bond acceptors (Lipinski definition) is 10. The summed E-state index contributed by atoms with van der Waals surface area (Å²) in [5, 5.41) is 22.4. The number of amides is 9. The third kappa shape index (κ3) is 14.6. The third-order valence-electron chi connectivity index (χ3n) is 10.0. The van der Waals surface area contributed by atoms with Gasteiger partial charge in [0.25, 0.3) is 11.8 Å². The van der Waals surface area contributed by atoms with Gasteiger partial charge in [0.15, 0.2) is 0 Å². The van der Waals surface area contributed by atoms with Crippen LogP contribution in [0, 0.1) is 17.0 Å². The van der Waals surface area contributed by atoms with E-state index in [1.54, 1.807) is 16.8 Å². The van der Waals surface area contributed by atoms with Gasteiger partial charge < -0.3 is 46.9 Å². The molecule has 0 spiro atoms. The van der Waals surface area contributed by atoms with Crippen LogP contribution in [0.4, 0.5) is 8.78 Å². The van der Waals surface area contributed by atoms with Crippen molar-refractivity contribution in [2.75, 3.05) is 39.3 Å². The molecular formula is C44H53F2N9O10. The number of aliphatic hydroxyl groups is 1. The Morgan fingerprint density at radius 2 is 1.49 bits per heavy atom. The minimum absolute atomic E-state index is 0.0499. The van der Waals surface area contributed by atoms with E-state index in [9.17, 15) is 52.6 Å². The zero-order valence-corrected chi connectivity index (χ0v) is 36.3. The summed E-state index contributed by atoms with van der Waals surface area (Å²) in [4.78, 5) is 116. The van der Waals surface area contributed by atoms with Crippen LogP contribution in [0.25, 0.3) is 11.1 Å². The number of aromatic nitrogens is 1. The fraction of sp³-hybridized carbons (Fsp3) is 0.386. The van der Waals surface area contributed by atoms with Crippen LogP contribution >= 0.6 is 0 Å². The van der Waals surface area contributed by atoms with Gasteiger partial charge in [0, 0.05) is 68.3 Å². The van der Waals surface area contributed by atoms with Crippen LogP contribution in [0.1, 0.15) is 57.8 Å². The van der Waals surface area contributed by atoms with E-state index < -0.39 is 114 Å². The van der Waals surface area contributed by atoms with Crippen LogP contribution in [-0.4, -0.2) is 124 Å². The quantitative estimate of drug-likeness (QED) is 0.0521. The largest absolute Gasteiger partial charge is 0.387 e. The predicted molar refractivity (Wildman–Crippen MR) is 229 cm³/mol. The summed E-state index contributed by atoms with van der Waals surface area (Å²) >= 11 is 0. The molecule has 21 heteroatoms. The van der Waals surface area contributed by atoms with Gasteiger partial charge in [-0.3, -0.25) is 48.1 Å². The highest BCUT2D eigenvalue weighted by molar-refractivity contribution is 6.14. The lowest BCUT2D eigenvalue weighted by Gasteiger charge is -2.41. The molecule has 1 aromatic heterocycles. The first-order chi connectivity index (χ1) is 30.7. The number of rotatable bonds is 22. The second-order valence-electron chi connectivity index (χ2n) is 16.2. The van der Waals surface area contributed by atoms with Gasteiger partial charge in [0.1, 0.15) is 36.9 Å². The molecule has 1 aliphatic rings. The smallest absolute Gasteiger partial charge is 0.254 e. The summed E-state index contributed by atoms with van der Waals surface area (Å²) in [6.07, 6.45) is 2.57. The number of nitrogens with two attached hydrogens (primary N) is 1. The van der Waals surface area contributed by atoms with Crippen molar-refractivity contribution in [1.82, 2.24) is 41.0 Å². The zero-order valence-electron chi connectivity index (χ0n) is 36.3. The molecule has 0 aliphatic carbocycles. The molecule has 4 rings (SSSR count). The van der Waals surface area contributed by atoms with E-state index in [-0.39, 0.29) is 43.7 Å². The first-order valence-corrected chi connectivity index (χ1v) is 20.5. The van der Waals surface area contributed by atoms with Crippen LogP contribution in [0.2, 0.25) is 0 Å². The molecule has 8 N–H and O–H groups in total. The maximum atomic E-state index is 15.3. The topological polar surface area (TPSA) is 271 Å². The highest BCUT2D eigenvalue weighted by atomic mass is 19.1. The SMILES string of the molecule is CC(=O)NCC(=O)NC(CC(N)=O)C(=O)NC(CCN(C(=O)CO)C(c1cc(-c2cc(F)ccc2F)cn1Cc1ccccc1)C(C)(C)C)C(=O)NCCNC(=O)CN1C(=O)C=CC1=O. The number of imide groups is 1. The summed E-state index contributed by atoms with van der Waals surface area (Å²) in [7, 11) is 0. The summed E-state index contributed by atoms with van der Waals surface area (Å²) in [5.41, 5.74) is 6.02. The molecule has 9 amide bonds. The minimum atomic E-state index is -1.63. The Morgan fingerprint density at radius 3 is 2.11 bits per heavy atom. The van der Waals surface area contributed by atoms with E-state index in [0.29, 0.717) is 10.6 Å². The first-order valence-electron chi connectivity index (χ1n) is 20.5. The van der Waals surface area contributed by atoms with Gasteiger partial charge in [0.2, 0.25) is 41.4 Å². The molecule has 65 heavy (non-hydrogen) atoms. The fourth-order valence-corrected chi connectivity index (χ4v) is 7.07. The van der Waals surface area contributed by atoms with Crippen molar-refractivity contribution in [1.29, 1.82) is 0 Å². The molecule has 348 valence electrons. The van der Waals surface area contributed by atoms with Gasteiger partial charge >= 0.3 is 0 Å². The van der Waals surface area contributed by atoms with E-state index >= 15 is 4.39 Å². The molecule has 0 bridgehead atoms. The monoisotopic (exact) mass is 905 g/mol. The Morgan fingerprint density at radius 1 is 0.831 bits per heavy atom. The van der Waals surface area contributed by atoms with E-state index in [1.807, 2.05) is 51.1 Å². The average molecular weight is 906 g/mol. The lowest BCUT2D eigenvalue weighted by atomic mass is 9.82. The second-order valence-corrected chi connectivity index (χ2v) is 16.2. The van der Waals surface area contributed by atoms with Crippen LogP contribution in [0.3, 0.4) is 0 Å². The minimum Gasteiger partial charge on any atom is -0.387 e. The van der Waals surface area contributed by atoms with Crippen molar-refractivity contribution in [3.8, 4) is 11.1 Å². The van der Waals surface area contributed by atoms with E-state index in [4.69, 9.17) is 5.73 Å². The van der Waals surface area contributed by atoms with Crippen molar-refractivity contribution in [3.05, 3.63) is 95.8 Å². The maximum absolute atomic E-state index is 15.3. The molecule has 3 unspecified atom stereocenters. The molecule has 0 saturated heterocycles. The Balaban J connectivity index is 1.68. The fourth-order valence-electron chi connectivity index (χ4n) is 7.07. The summed E-state index contributed by atoms with van der Waals surface area (Å²) in [5.74, 6) is -8.59. The molecule has 3 atom stereocenters. The predicted octanol–water partition coefficient (Wildman–Crippen LogP) is -0.0817. The van der Waals surface area contributed by atoms with Crippen LogP contribution in [0.15, 0.2) is 72.9 Å². The van der Waals surface area contributed by atoms with Crippen molar-refractivity contribution >= 4 is 53.2 Å². The van der Waals surface area contributed by atoms with E-state index in [0.717, 1.165) is 42.8 Å². The standard InChI is InChI=1S/C44H53F2N9O10/c1-26(57)50-21-36(59)51-33(20-35(47)58)43(65)52-32(42(64)49-16-15-48-37(60)24-55-38(61)12-13-39(55)62)14-17-54(40(63)25-56)41(44(2,3)4)34-18-28(30-19-29(45)10-11-31(30)46)23-53(34)22-27-8-6-5-7-9-27/h5-13,18-19,23,32-33,41,56H,14-17,20-22,24-25H2,1-4H3,(H2,47,58)(H,48,60)(H,49,64)(H,50,57)(H,51,59)(H,52,65). The Labute approximate surface area is 373 Å². The van der Waals surface area contributed by atoms with Crippen molar-refractivity contribution in [3.63, 3.8) is 0 Å². The molecular weight excluding hydrogens is 853 g/mol. The van der Waals surface area contributed by atoms with Crippen molar-refractivity contribution < 1.29 is 57.0 Å². The summed E-state index contributed by atoms with van der Waals surface area (Å²) < 4.78 is 31.5. The summed E-state index contributed by atoms with van der Waals surface area (Å²) in [6.45, 7) is 3.88. The second kappa shape index (κ2) is 22.9. The van der Waals surface area contributed by atoms with Gasteiger partial charge in [0.05, 0.1) is 19.0 Å². The number of nitrogens with zero attached hydrogens (tertiary/aromatic N) is 3. The van der Waals surface area contributed by atoms with Crippen LogP contribution in [0.5, 0.6) is 0 Å². The number of carbonyl (C=O) groups is 9. The van der Waals surface area contributed by atoms with E-state index in [2.05, 4.69) is 26.6 Å². The normalized spacial score (nSPS) is 13.7. The summed E-state index contributed by atoms with van der Waals surface area (Å²) in [6, 6.07) is 9.70. The Bertz CT molecular complexity index is 2290. The number of benzene rings is 2. The number of halogens is 2. The zero-order chi connectivity index (χ0) is 48.0. The van der Waals surface area contributed by atoms with Gasteiger partial charge in [-0.1, -0.05) is 51.1 Å². The van der Waals surface area contributed by atoms with Gasteiger partial charge in [-0.05, 0) is 41.7 Å². The molecule has 0 radical (unpaired) electrons. The molecule has 3 aromatic rings. The van der Waals surface area contributed by atoms with E-state index in [1.165, 1.54) is 4.90 Å². The molecule has 0 fully saturated rings. The number of aliphatic hydroxyl groups excluding tert-OH is 1. The number of primary amides is 1. The van der Waals surface area contributed by atoms with Crippen molar-refractivity contribution in [2.45, 2.75) is 65.2 Å². The first kappa shape index (κ1) is 50.4. The molecule has 2 aromatic carbocycles. The Hall–Kier alpha value is -7.29. The molecule has 0 saturated carbocycles. The van der Waals surface area contributed by atoms with Gasteiger partial charge in [-0.15, -0.1) is 0 Å². The number of carbonyl (C=O) groups excluding carboxylic acids is 9. The lowest BCUT2D eigenvalue weighted by Crippen LogP contribution is -2.56. The molecule has 19 nitrogen and oxygen atoms in total. The van der Waals surface area contributed by atoms with Gasteiger partial charge in [-0.25, -0.2) is 8.78 Å². The number of nitrogens with one attached hydrogen (secondary N) is 5. The van der Waals surface area contributed by atoms with Gasteiger partial charge in [-0.2, -0.15) is 0 Å². The highest BCUT2D eigenvalue weighted by Crippen LogP contribution is 2.41. The highest BCUT2D eigenvalue weighted by Gasteiger charge is 2.38. The molecule has 2 heterocycles. The molecule has 1 aliphatic heterocycles. The Kier molecular flexibility index (Phi) is 17.7. The van der Waals surface area contributed by atoms with Crippen LogP contribution in [-0.2, 0) is 49.7 Å². The number of hydrogen-bond donors (Lipinski definition) is 7. The lowest BCUT2D eigenvalue weighted by molar-refractivity contribution is -0.141. The van der Waals surface area contributed by atoms with Crippen molar-refractivity contribution in [2.24, 2.45) is 11.1 Å². The third-order valence-corrected chi connectivity index (χ3v) is 10.0.